The third-order valence-electron chi connectivity index (χ3n) is 5.22. The molecular weight excluding hydrogens is 382 g/mol. The number of hydrogen-bond donors (Lipinski definition) is 1. The average molecular weight is 409 g/mol. The maximum absolute atomic E-state index is 6.12. The van der Waals surface area contributed by atoms with E-state index in [0.29, 0.717) is 23.9 Å². The van der Waals surface area contributed by atoms with E-state index in [1.54, 1.807) is 13.3 Å². The van der Waals surface area contributed by atoms with Gasteiger partial charge in [0.2, 0.25) is 0 Å². The van der Waals surface area contributed by atoms with Gasteiger partial charge in [-0.3, -0.25) is 9.88 Å². The van der Waals surface area contributed by atoms with Crippen LogP contribution in [0.25, 0.3) is 10.9 Å². The van der Waals surface area contributed by atoms with Crippen LogP contribution in [0, 0.1) is 6.92 Å². The zero-order chi connectivity index (χ0) is 20.9. The number of fused-ring (bicyclic) bond motifs is 1. The number of nitrogens with zero attached hydrogens (tertiary/aromatic N) is 2. The molecule has 1 saturated heterocycles. The molecule has 0 amide bonds. The molecule has 0 radical (unpaired) electrons. The summed E-state index contributed by atoms with van der Waals surface area (Å²) in [7, 11) is 1.64. The van der Waals surface area contributed by atoms with Crippen molar-refractivity contribution in [3.63, 3.8) is 0 Å². The minimum absolute atomic E-state index is 0.572. The highest BCUT2D eigenvalue weighted by molar-refractivity contribution is 5.88. The molecule has 4 rings (SSSR count). The SMILES string of the molecule is COc1cc2c(Oc3ccc(N)c(C)c3)ccnc2cc1OCCN1CCOCC1. The van der Waals surface area contributed by atoms with Crippen LogP contribution >= 0.6 is 0 Å². The van der Waals surface area contributed by atoms with Gasteiger partial charge in [-0.2, -0.15) is 0 Å². The maximum Gasteiger partial charge on any atom is 0.163 e. The fourth-order valence-electron chi connectivity index (χ4n) is 3.44. The molecule has 1 aliphatic rings. The van der Waals surface area contributed by atoms with E-state index in [-0.39, 0.29) is 0 Å². The van der Waals surface area contributed by atoms with Crippen molar-refractivity contribution in [1.29, 1.82) is 0 Å². The molecule has 158 valence electrons. The van der Waals surface area contributed by atoms with Gasteiger partial charge in [0.25, 0.3) is 0 Å². The summed E-state index contributed by atoms with van der Waals surface area (Å²) >= 11 is 0. The number of ether oxygens (including phenoxy) is 4. The van der Waals surface area contributed by atoms with Gasteiger partial charge in [0.15, 0.2) is 11.5 Å². The highest BCUT2D eigenvalue weighted by atomic mass is 16.5. The van der Waals surface area contributed by atoms with Crippen molar-refractivity contribution in [2.45, 2.75) is 6.92 Å². The quantitative estimate of drug-likeness (QED) is 0.597. The summed E-state index contributed by atoms with van der Waals surface area (Å²) in [5.74, 6) is 2.74. The van der Waals surface area contributed by atoms with E-state index < -0.39 is 0 Å². The molecule has 1 fully saturated rings. The second-order valence-electron chi connectivity index (χ2n) is 7.25. The van der Waals surface area contributed by atoms with E-state index in [2.05, 4.69) is 9.88 Å². The second kappa shape index (κ2) is 9.19. The van der Waals surface area contributed by atoms with E-state index in [1.807, 2.05) is 43.3 Å². The minimum atomic E-state index is 0.572. The summed E-state index contributed by atoms with van der Waals surface area (Å²) < 4.78 is 23.1. The summed E-state index contributed by atoms with van der Waals surface area (Å²) in [4.78, 5) is 6.82. The highest BCUT2D eigenvalue weighted by Gasteiger charge is 2.14. The molecule has 0 atom stereocenters. The molecule has 0 unspecified atom stereocenters. The molecule has 3 aromatic rings. The number of nitrogens with two attached hydrogens (primary N) is 1. The summed E-state index contributed by atoms with van der Waals surface area (Å²) in [6.45, 7) is 6.80. The smallest absolute Gasteiger partial charge is 0.163 e. The van der Waals surface area contributed by atoms with Crippen LogP contribution in [0.4, 0.5) is 5.69 Å². The van der Waals surface area contributed by atoms with Gasteiger partial charge in [0.05, 0.1) is 25.8 Å². The topological polar surface area (TPSA) is 79.1 Å². The van der Waals surface area contributed by atoms with Crippen molar-refractivity contribution >= 4 is 16.6 Å². The number of aryl methyl sites for hydroxylation is 1. The van der Waals surface area contributed by atoms with Gasteiger partial charge < -0.3 is 24.7 Å². The van der Waals surface area contributed by atoms with E-state index >= 15 is 0 Å². The molecular formula is C23H27N3O4. The van der Waals surface area contributed by atoms with Crippen LogP contribution in [0.2, 0.25) is 0 Å². The Hall–Kier alpha value is -3.03. The van der Waals surface area contributed by atoms with Crippen molar-refractivity contribution in [2.24, 2.45) is 0 Å². The Morgan fingerprint density at radius 1 is 1.07 bits per heavy atom. The average Bonchev–Trinajstić information content (AvgIpc) is 2.77. The zero-order valence-corrected chi connectivity index (χ0v) is 17.4. The van der Waals surface area contributed by atoms with Crippen molar-refractivity contribution in [3.8, 4) is 23.0 Å². The lowest BCUT2D eigenvalue weighted by Crippen LogP contribution is -2.38. The Labute approximate surface area is 176 Å². The summed E-state index contributed by atoms with van der Waals surface area (Å²) in [6.07, 6.45) is 1.73. The maximum atomic E-state index is 6.12. The number of methoxy groups -OCH3 is 1. The number of rotatable bonds is 7. The molecule has 2 aromatic carbocycles. The first-order valence-corrected chi connectivity index (χ1v) is 10.1. The van der Waals surface area contributed by atoms with Gasteiger partial charge in [-0.05, 0) is 42.8 Å². The first-order valence-electron chi connectivity index (χ1n) is 10.1. The van der Waals surface area contributed by atoms with Crippen LogP contribution < -0.4 is 19.9 Å². The van der Waals surface area contributed by atoms with Gasteiger partial charge in [0.1, 0.15) is 18.1 Å². The van der Waals surface area contributed by atoms with Crippen molar-refractivity contribution < 1.29 is 18.9 Å². The largest absolute Gasteiger partial charge is 0.493 e. The Balaban J connectivity index is 1.54. The van der Waals surface area contributed by atoms with Crippen LogP contribution in [0.15, 0.2) is 42.6 Å². The second-order valence-corrected chi connectivity index (χ2v) is 7.25. The van der Waals surface area contributed by atoms with E-state index in [9.17, 15) is 0 Å². The zero-order valence-electron chi connectivity index (χ0n) is 17.4. The number of aromatic nitrogens is 1. The van der Waals surface area contributed by atoms with Crippen molar-refractivity contribution in [1.82, 2.24) is 9.88 Å². The third-order valence-corrected chi connectivity index (χ3v) is 5.22. The lowest BCUT2D eigenvalue weighted by molar-refractivity contribution is 0.0321. The molecule has 30 heavy (non-hydrogen) atoms. The van der Waals surface area contributed by atoms with Gasteiger partial charge in [-0.25, -0.2) is 0 Å². The van der Waals surface area contributed by atoms with Crippen LogP contribution in [0.5, 0.6) is 23.0 Å². The number of benzene rings is 2. The summed E-state index contributed by atoms with van der Waals surface area (Å²) in [5, 5.41) is 0.851. The van der Waals surface area contributed by atoms with Gasteiger partial charge >= 0.3 is 0 Å². The Bertz CT molecular complexity index is 1020. The Kier molecular flexibility index (Phi) is 6.21. The lowest BCUT2D eigenvalue weighted by Gasteiger charge is -2.26. The van der Waals surface area contributed by atoms with Crippen LogP contribution in [0.1, 0.15) is 5.56 Å². The normalized spacial score (nSPS) is 14.6. The number of nitrogen functional groups attached to an aromatic ring is 1. The van der Waals surface area contributed by atoms with E-state index in [4.69, 9.17) is 24.7 Å². The molecule has 0 spiro atoms. The molecule has 2 heterocycles. The molecule has 0 bridgehead atoms. The molecule has 1 aliphatic heterocycles. The molecule has 1 aromatic heterocycles. The van der Waals surface area contributed by atoms with Crippen LogP contribution in [-0.2, 0) is 4.74 Å². The minimum Gasteiger partial charge on any atom is -0.493 e. The molecule has 0 saturated carbocycles. The molecule has 0 aliphatic carbocycles. The Morgan fingerprint density at radius 2 is 1.90 bits per heavy atom. The summed E-state index contributed by atoms with van der Waals surface area (Å²) in [6, 6.07) is 11.3. The Morgan fingerprint density at radius 3 is 2.67 bits per heavy atom. The predicted octanol–water partition coefficient (Wildman–Crippen LogP) is 3.64. The van der Waals surface area contributed by atoms with Gasteiger partial charge in [0, 0.05) is 43.0 Å². The number of anilines is 1. The van der Waals surface area contributed by atoms with Crippen molar-refractivity contribution in [3.05, 3.63) is 48.2 Å². The van der Waals surface area contributed by atoms with Gasteiger partial charge in [-0.1, -0.05) is 0 Å². The monoisotopic (exact) mass is 409 g/mol. The lowest BCUT2D eigenvalue weighted by atomic mass is 10.1. The first-order chi connectivity index (χ1) is 14.6. The molecule has 2 N–H and O–H groups in total. The van der Waals surface area contributed by atoms with Crippen molar-refractivity contribution in [2.75, 3.05) is 52.3 Å². The molecule has 7 nitrogen and oxygen atoms in total. The summed E-state index contributed by atoms with van der Waals surface area (Å²) in [5.41, 5.74) is 8.40. The van der Waals surface area contributed by atoms with E-state index in [0.717, 1.165) is 60.8 Å². The fourth-order valence-corrected chi connectivity index (χ4v) is 3.44. The third kappa shape index (κ3) is 4.58. The number of pyridine rings is 1. The van der Waals surface area contributed by atoms with Gasteiger partial charge in [-0.15, -0.1) is 0 Å². The van der Waals surface area contributed by atoms with E-state index in [1.165, 1.54) is 0 Å². The van der Waals surface area contributed by atoms with Crippen LogP contribution in [0.3, 0.4) is 0 Å². The highest BCUT2D eigenvalue weighted by Crippen LogP contribution is 2.37. The van der Waals surface area contributed by atoms with Crippen LogP contribution in [-0.4, -0.2) is 56.4 Å². The molecule has 7 heteroatoms. The number of hydrogen-bond acceptors (Lipinski definition) is 7. The fraction of sp³-hybridized carbons (Fsp3) is 0.348. The first kappa shape index (κ1) is 20.3. The number of morpholine rings is 1. The predicted molar refractivity (Wildman–Crippen MR) is 117 cm³/mol. The standard InChI is InChI=1S/C23H27N3O4/c1-16-13-17(3-4-19(16)24)30-21-5-6-25-20-15-23(22(27-2)14-18(20)21)29-12-9-26-7-10-28-11-8-26/h3-6,13-15H,7-12,24H2,1-2H3.